The van der Waals surface area contributed by atoms with Crippen molar-refractivity contribution in [2.45, 2.75) is 25.4 Å². The van der Waals surface area contributed by atoms with E-state index in [0.29, 0.717) is 17.7 Å². The third-order valence-corrected chi connectivity index (χ3v) is 2.91. The number of alkyl halides is 1. The van der Waals surface area contributed by atoms with Crippen molar-refractivity contribution >= 4 is 5.69 Å². The Labute approximate surface area is 89.4 Å². The number of nitrogens with one attached hydrogen (secondary N) is 1. The molecule has 0 spiro atoms. The van der Waals surface area contributed by atoms with Crippen LogP contribution >= 0.6 is 0 Å². The molecule has 15 heavy (non-hydrogen) atoms. The van der Waals surface area contributed by atoms with Crippen LogP contribution in [0.25, 0.3) is 0 Å². The molecular weight excluding hydrogens is 193 g/mol. The van der Waals surface area contributed by atoms with E-state index in [1.165, 1.54) is 0 Å². The van der Waals surface area contributed by atoms with E-state index in [4.69, 9.17) is 4.74 Å². The van der Waals surface area contributed by atoms with Crippen molar-refractivity contribution in [3.63, 3.8) is 0 Å². The van der Waals surface area contributed by atoms with Crippen molar-refractivity contribution in [2.75, 3.05) is 19.0 Å². The smallest absolute Gasteiger partial charge is 0.138 e. The molecule has 1 heterocycles. The van der Waals surface area contributed by atoms with E-state index < -0.39 is 5.67 Å². The van der Waals surface area contributed by atoms with Crippen molar-refractivity contribution in [3.05, 3.63) is 23.8 Å². The van der Waals surface area contributed by atoms with Gasteiger partial charge in [-0.25, -0.2) is 4.39 Å². The summed E-state index contributed by atoms with van der Waals surface area (Å²) in [6, 6.07) is 5.59. The number of ether oxygens (including phenoxy) is 1. The second-order valence-corrected chi connectivity index (χ2v) is 4.11. The molecule has 1 N–H and O–H groups in total. The molecule has 0 amide bonds. The van der Waals surface area contributed by atoms with E-state index >= 15 is 0 Å². The number of anilines is 1. The monoisotopic (exact) mass is 209 g/mol. The van der Waals surface area contributed by atoms with E-state index in [2.05, 4.69) is 5.32 Å². The maximum absolute atomic E-state index is 14.5. The van der Waals surface area contributed by atoms with Crippen molar-refractivity contribution in [2.24, 2.45) is 0 Å². The summed E-state index contributed by atoms with van der Waals surface area (Å²) in [7, 11) is 1.58. The summed E-state index contributed by atoms with van der Waals surface area (Å²) in [6.45, 7) is 2.45. The fourth-order valence-electron chi connectivity index (χ4n) is 2.15. The maximum Gasteiger partial charge on any atom is 0.138 e. The topological polar surface area (TPSA) is 21.3 Å². The third-order valence-electron chi connectivity index (χ3n) is 2.91. The van der Waals surface area contributed by atoms with E-state index in [1.807, 2.05) is 18.2 Å². The number of halogens is 1. The van der Waals surface area contributed by atoms with E-state index in [0.717, 1.165) is 18.7 Å². The number of benzene rings is 1. The summed E-state index contributed by atoms with van der Waals surface area (Å²) < 4.78 is 19.7. The Morgan fingerprint density at radius 2 is 2.27 bits per heavy atom. The van der Waals surface area contributed by atoms with Crippen molar-refractivity contribution in [1.29, 1.82) is 0 Å². The number of rotatable bonds is 1. The predicted molar refractivity (Wildman–Crippen MR) is 59.2 cm³/mol. The largest absolute Gasteiger partial charge is 0.496 e. The fourth-order valence-corrected chi connectivity index (χ4v) is 2.15. The van der Waals surface area contributed by atoms with Crippen molar-refractivity contribution in [3.8, 4) is 5.75 Å². The van der Waals surface area contributed by atoms with Crippen molar-refractivity contribution in [1.82, 2.24) is 0 Å². The minimum Gasteiger partial charge on any atom is -0.496 e. The minimum absolute atomic E-state index is 0.535. The second kappa shape index (κ2) is 3.72. The normalized spacial score (nSPS) is 25.0. The number of hydrogen-bond acceptors (Lipinski definition) is 2. The van der Waals surface area contributed by atoms with Crippen LogP contribution in [0.3, 0.4) is 0 Å². The zero-order chi connectivity index (χ0) is 10.9. The molecule has 0 fully saturated rings. The fraction of sp³-hybridized carbons (Fsp3) is 0.500. The SMILES string of the molecule is COc1cccc2c1C(C)(F)CCCN2. The lowest BCUT2D eigenvalue weighted by Gasteiger charge is -2.22. The molecule has 0 radical (unpaired) electrons. The molecule has 0 saturated heterocycles. The first-order chi connectivity index (χ1) is 7.15. The molecule has 0 aromatic heterocycles. The quantitative estimate of drug-likeness (QED) is 0.767. The molecule has 0 saturated carbocycles. The van der Waals surface area contributed by atoms with Gasteiger partial charge in [0.05, 0.1) is 12.7 Å². The first-order valence-corrected chi connectivity index (χ1v) is 5.25. The molecule has 82 valence electrons. The van der Waals surface area contributed by atoms with Crippen LogP contribution in [-0.2, 0) is 5.67 Å². The Kier molecular flexibility index (Phi) is 2.55. The summed E-state index contributed by atoms with van der Waals surface area (Å²) in [5.41, 5.74) is 0.215. The summed E-state index contributed by atoms with van der Waals surface area (Å²) in [5, 5.41) is 3.24. The van der Waals surface area contributed by atoms with Gasteiger partial charge in [0.2, 0.25) is 0 Å². The molecule has 2 rings (SSSR count). The van der Waals surface area contributed by atoms with E-state index in [9.17, 15) is 4.39 Å². The van der Waals surface area contributed by atoms with Gasteiger partial charge in [-0.2, -0.15) is 0 Å². The Hall–Kier alpha value is -1.25. The zero-order valence-corrected chi connectivity index (χ0v) is 9.14. The van der Waals surface area contributed by atoms with Gasteiger partial charge in [0.25, 0.3) is 0 Å². The molecule has 0 bridgehead atoms. The first-order valence-electron chi connectivity index (χ1n) is 5.25. The number of methoxy groups -OCH3 is 1. The molecule has 1 aromatic carbocycles. The lowest BCUT2D eigenvalue weighted by atomic mass is 9.92. The minimum atomic E-state index is -1.30. The lowest BCUT2D eigenvalue weighted by Crippen LogP contribution is -2.15. The van der Waals surface area contributed by atoms with Crippen LogP contribution in [0.15, 0.2) is 18.2 Å². The van der Waals surface area contributed by atoms with Gasteiger partial charge in [0.15, 0.2) is 0 Å². The van der Waals surface area contributed by atoms with Crippen LogP contribution in [-0.4, -0.2) is 13.7 Å². The summed E-state index contributed by atoms with van der Waals surface area (Å²) in [6.07, 6.45) is 1.37. The average Bonchev–Trinajstić information content (AvgIpc) is 2.37. The molecule has 1 atom stereocenters. The molecular formula is C12H16FNO. The zero-order valence-electron chi connectivity index (χ0n) is 9.14. The molecule has 1 aromatic rings. The van der Waals surface area contributed by atoms with Gasteiger partial charge in [-0.1, -0.05) is 6.07 Å². The van der Waals surface area contributed by atoms with Crippen LogP contribution in [0.4, 0.5) is 10.1 Å². The Bertz CT molecular complexity index is 363. The molecule has 2 nitrogen and oxygen atoms in total. The third kappa shape index (κ3) is 1.78. The van der Waals surface area contributed by atoms with Crippen LogP contribution in [0.1, 0.15) is 25.3 Å². The van der Waals surface area contributed by atoms with Crippen LogP contribution < -0.4 is 10.1 Å². The van der Waals surface area contributed by atoms with Gasteiger partial charge in [-0.3, -0.25) is 0 Å². The highest BCUT2D eigenvalue weighted by molar-refractivity contribution is 5.60. The van der Waals surface area contributed by atoms with Crippen LogP contribution in [0.5, 0.6) is 5.75 Å². The average molecular weight is 209 g/mol. The van der Waals surface area contributed by atoms with E-state index in [-0.39, 0.29) is 0 Å². The highest BCUT2D eigenvalue weighted by Crippen LogP contribution is 2.43. The predicted octanol–water partition coefficient (Wildman–Crippen LogP) is 3.09. The molecule has 1 aliphatic rings. The van der Waals surface area contributed by atoms with Gasteiger partial charge in [0, 0.05) is 12.2 Å². The summed E-state index contributed by atoms with van der Waals surface area (Å²) >= 11 is 0. The Morgan fingerprint density at radius 1 is 1.47 bits per heavy atom. The summed E-state index contributed by atoms with van der Waals surface area (Å²) in [5.74, 6) is 0.631. The van der Waals surface area contributed by atoms with Crippen molar-refractivity contribution < 1.29 is 9.13 Å². The first kappa shape index (κ1) is 10.3. The molecule has 1 unspecified atom stereocenters. The highest BCUT2D eigenvalue weighted by Gasteiger charge is 2.33. The van der Waals surface area contributed by atoms with Gasteiger partial charge in [0.1, 0.15) is 11.4 Å². The van der Waals surface area contributed by atoms with Crippen LogP contribution in [0.2, 0.25) is 0 Å². The van der Waals surface area contributed by atoms with Gasteiger partial charge in [-0.05, 0) is 31.9 Å². The van der Waals surface area contributed by atoms with Gasteiger partial charge >= 0.3 is 0 Å². The number of fused-ring (bicyclic) bond motifs is 1. The number of hydrogen-bond donors (Lipinski definition) is 1. The highest BCUT2D eigenvalue weighted by atomic mass is 19.1. The van der Waals surface area contributed by atoms with E-state index in [1.54, 1.807) is 14.0 Å². The Morgan fingerprint density at radius 3 is 3.00 bits per heavy atom. The van der Waals surface area contributed by atoms with Gasteiger partial charge in [-0.15, -0.1) is 0 Å². The lowest BCUT2D eigenvalue weighted by molar-refractivity contribution is 0.172. The van der Waals surface area contributed by atoms with Crippen LogP contribution in [0, 0.1) is 0 Å². The second-order valence-electron chi connectivity index (χ2n) is 4.11. The molecule has 0 aliphatic carbocycles. The maximum atomic E-state index is 14.5. The van der Waals surface area contributed by atoms with Gasteiger partial charge < -0.3 is 10.1 Å². The Balaban J connectivity index is 2.57. The molecule has 3 heteroatoms. The summed E-state index contributed by atoms with van der Waals surface area (Å²) in [4.78, 5) is 0. The standard InChI is InChI=1S/C12H16FNO/c1-12(13)7-4-8-14-9-5-3-6-10(15-2)11(9)12/h3,5-6,14H,4,7-8H2,1-2H3. The molecule has 1 aliphatic heterocycles.